The highest BCUT2D eigenvalue weighted by Gasteiger charge is 2.36. The van der Waals surface area contributed by atoms with E-state index in [0.717, 1.165) is 18.9 Å². The van der Waals surface area contributed by atoms with Crippen molar-refractivity contribution < 1.29 is 13.3 Å². The SMILES string of the molecule is NCC1CN(c2c(F)cc3c(=O)c4c(=O)[nH]oc4n(C4CC4)c3c2F)CC1Cl. The van der Waals surface area contributed by atoms with Crippen LogP contribution in [-0.4, -0.2) is 34.7 Å². The van der Waals surface area contributed by atoms with Crippen LogP contribution in [0.15, 0.2) is 20.2 Å². The zero-order valence-electron chi connectivity index (χ0n) is 14.7. The molecule has 0 spiro atoms. The molecule has 0 radical (unpaired) electrons. The molecule has 3 heterocycles. The number of halogens is 3. The standard InChI is InChI=1S/C18H17ClF2N4O3/c19-10-6-24(5-7(10)4-22)15-11(20)3-9-14(13(15)21)25(8-1-2-8)18-12(16(9)26)17(27)23-28-18/h3,7-8,10H,1-2,4-6,22H2,(H,23,27). The smallest absolute Gasteiger partial charge is 0.293 e. The second kappa shape index (κ2) is 6.05. The third-order valence-corrected chi connectivity index (χ3v) is 6.17. The van der Waals surface area contributed by atoms with E-state index in [-0.39, 0.29) is 51.6 Å². The van der Waals surface area contributed by atoms with Gasteiger partial charge < -0.3 is 19.7 Å². The van der Waals surface area contributed by atoms with E-state index in [4.69, 9.17) is 21.9 Å². The lowest BCUT2D eigenvalue weighted by Gasteiger charge is -2.22. The molecule has 1 aliphatic heterocycles. The summed E-state index contributed by atoms with van der Waals surface area (Å²) in [6.45, 7) is 0.875. The monoisotopic (exact) mass is 410 g/mol. The Morgan fingerprint density at radius 3 is 2.68 bits per heavy atom. The van der Waals surface area contributed by atoms with Crippen LogP contribution in [0.1, 0.15) is 18.9 Å². The van der Waals surface area contributed by atoms with Gasteiger partial charge in [0.2, 0.25) is 11.1 Å². The summed E-state index contributed by atoms with van der Waals surface area (Å²) in [7, 11) is 0. The molecule has 0 bridgehead atoms. The first-order valence-corrected chi connectivity index (χ1v) is 9.52. The van der Waals surface area contributed by atoms with Crippen LogP contribution >= 0.6 is 11.6 Å². The lowest BCUT2D eigenvalue weighted by Crippen LogP contribution is -2.25. The van der Waals surface area contributed by atoms with E-state index in [2.05, 4.69) is 5.16 Å². The van der Waals surface area contributed by atoms with E-state index >= 15 is 4.39 Å². The van der Waals surface area contributed by atoms with Crippen LogP contribution in [0.4, 0.5) is 14.5 Å². The number of aromatic amines is 1. The van der Waals surface area contributed by atoms with Crippen LogP contribution in [0.5, 0.6) is 0 Å². The molecule has 1 saturated carbocycles. The van der Waals surface area contributed by atoms with Crippen molar-refractivity contribution >= 4 is 39.3 Å². The van der Waals surface area contributed by atoms with Crippen molar-refractivity contribution in [3.63, 3.8) is 0 Å². The maximum absolute atomic E-state index is 15.7. The highest BCUT2D eigenvalue weighted by Crippen LogP contribution is 2.42. The van der Waals surface area contributed by atoms with E-state index < -0.39 is 22.6 Å². The molecule has 1 aliphatic carbocycles. The van der Waals surface area contributed by atoms with E-state index in [1.165, 1.54) is 9.47 Å². The molecule has 148 valence electrons. The number of benzene rings is 1. The van der Waals surface area contributed by atoms with Crippen molar-refractivity contribution in [3.8, 4) is 0 Å². The summed E-state index contributed by atoms with van der Waals surface area (Å²) in [4.78, 5) is 26.3. The van der Waals surface area contributed by atoms with Crippen LogP contribution < -0.4 is 21.6 Å². The number of pyridine rings is 1. The minimum Gasteiger partial charge on any atom is -0.365 e. The van der Waals surface area contributed by atoms with Gasteiger partial charge in [0.15, 0.2) is 11.2 Å². The first kappa shape index (κ1) is 17.7. The molecular formula is C18H17ClF2N4O3. The maximum Gasteiger partial charge on any atom is 0.293 e. The van der Waals surface area contributed by atoms with Gasteiger partial charge in [0, 0.05) is 25.0 Å². The maximum atomic E-state index is 15.7. The molecule has 3 N–H and O–H groups in total. The molecule has 1 aromatic carbocycles. The van der Waals surface area contributed by atoms with Gasteiger partial charge in [-0.3, -0.25) is 9.59 Å². The van der Waals surface area contributed by atoms with Gasteiger partial charge in [-0.05, 0) is 25.5 Å². The summed E-state index contributed by atoms with van der Waals surface area (Å²) in [5.41, 5.74) is 3.93. The number of alkyl halides is 1. The second-order valence-corrected chi connectivity index (χ2v) is 8.04. The fourth-order valence-corrected chi connectivity index (χ4v) is 4.46. The minimum atomic E-state index is -0.870. The van der Waals surface area contributed by atoms with Crippen molar-refractivity contribution in [2.75, 3.05) is 24.5 Å². The Kier molecular flexibility index (Phi) is 3.82. The van der Waals surface area contributed by atoms with E-state index in [0.29, 0.717) is 13.1 Å². The summed E-state index contributed by atoms with van der Waals surface area (Å²) >= 11 is 6.27. The number of nitrogens with one attached hydrogen (secondary N) is 1. The normalized spacial score (nSPS) is 22.6. The molecule has 3 aromatic rings. The third kappa shape index (κ3) is 2.35. The van der Waals surface area contributed by atoms with Gasteiger partial charge in [0.05, 0.1) is 16.3 Å². The quantitative estimate of drug-likeness (QED) is 0.644. The average Bonchev–Trinajstić information content (AvgIpc) is 3.32. The molecular weight excluding hydrogens is 394 g/mol. The molecule has 0 amide bonds. The highest BCUT2D eigenvalue weighted by atomic mass is 35.5. The Labute approximate surface area is 161 Å². The molecule has 1 saturated heterocycles. The van der Waals surface area contributed by atoms with Crippen molar-refractivity contribution in [1.29, 1.82) is 0 Å². The number of anilines is 1. The Morgan fingerprint density at radius 2 is 2.04 bits per heavy atom. The Morgan fingerprint density at radius 1 is 1.29 bits per heavy atom. The number of hydrogen-bond acceptors (Lipinski definition) is 5. The molecule has 10 heteroatoms. The van der Waals surface area contributed by atoms with Gasteiger partial charge in [-0.25, -0.2) is 8.78 Å². The molecule has 7 nitrogen and oxygen atoms in total. The predicted molar refractivity (Wildman–Crippen MR) is 101 cm³/mol. The molecule has 5 rings (SSSR count). The van der Waals surface area contributed by atoms with Crippen LogP contribution in [0.25, 0.3) is 22.0 Å². The van der Waals surface area contributed by atoms with Gasteiger partial charge in [-0.15, -0.1) is 11.6 Å². The lowest BCUT2D eigenvalue weighted by atomic mass is 10.1. The number of rotatable bonds is 3. The number of H-pyrrole nitrogens is 1. The molecule has 2 fully saturated rings. The summed E-state index contributed by atoms with van der Waals surface area (Å²) in [6, 6.07) is 0.883. The van der Waals surface area contributed by atoms with E-state index in [9.17, 15) is 14.0 Å². The predicted octanol–water partition coefficient (Wildman–Crippen LogP) is 2.05. The van der Waals surface area contributed by atoms with Crippen molar-refractivity contribution in [3.05, 3.63) is 38.3 Å². The second-order valence-electron chi connectivity index (χ2n) is 7.48. The first-order valence-electron chi connectivity index (χ1n) is 9.08. The van der Waals surface area contributed by atoms with Crippen LogP contribution in [0, 0.1) is 17.6 Å². The molecule has 28 heavy (non-hydrogen) atoms. The van der Waals surface area contributed by atoms with Crippen molar-refractivity contribution in [1.82, 2.24) is 9.72 Å². The minimum absolute atomic E-state index is 0.0158. The van der Waals surface area contributed by atoms with E-state index in [1.54, 1.807) is 0 Å². The fraction of sp³-hybridized carbons (Fsp3) is 0.444. The largest absolute Gasteiger partial charge is 0.365 e. The molecule has 2 unspecified atom stereocenters. The van der Waals surface area contributed by atoms with Crippen molar-refractivity contribution in [2.24, 2.45) is 11.7 Å². The highest BCUT2D eigenvalue weighted by molar-refractivity contribution is 6.21. The van der Waals surface area contributed by atoms with Crippen LogP contribution in [0.2, 0.25) is 0 Å². The number of fused-ring (bicyclic) bond motifs is 2. The lowest BCUT2D eigenvalue weighted by molar-refractivity contribution is 0.428. The van der Waals surface area contributed by atoms with Gasteiger partial charge in [-0.2, -0.15) is 5.16 Å². The Bertz CT molecular complexity index is 1230. The van der Waals surface area contributed by atoms with Gasteiger partial charge in [0.25, 0.3) is 5.56 Å². The number of aromatic nitrogens is 2. The summed E-state index contributed by atoms with van der Waals surface area (Å²) in [5, 5.41) is 1.40. The molecule has 2 atom stereocenters. The number of hydrogen-bond donors (Lipinski definition) is 2. The van der Waals surface area contributed by atoms with Gasteiger partial charge in [0.1, 0.15) is 11.5 Å². The number of nitrogens with zero attached hydrogens (tertiary/aromatic N) is 2. The van der Waals surface area contributed by atoms with Crippen molar-refractivity contribution in [2.45, 2.75) is 24.3 Å². The summed E-state index contributed by atoms with van der Waals surface area (Å²) in [6.07, 6.45) is 1.49. The van der Waals surface area contributed by atoms with Gasteiger partial charge in [-0.1, -0.05) is 0 Å². The summed E-state index contributed by atoms with van der Waals surface area (Å²) in [5.74, 6) is -1.82. The zero-order chi connectivity index (χ0) is 19.7. The average molecular weight is 411 g/mol. The zero-order valence-corrected chi connectivity index (χ0v) is 15.4. The molecule has 2 aliphatic rings. The topological polar surface area (TPSA) is 97.3 Å². The number of nitrogens with two attached hydrogens (primary N) is 1. The van der Waals surface area contributed by atoms with Crippen LogP contribution in [-0.2, 0) is 0 Å². The fourth-order valence-electron chi connectivity index (χ4n) is 4.11. The Balaban J connectivity index is 1.84. The third-order valence-electron chi connectivity index (χ3n) is 5.67. The summed E-state index contributed by atoms with van der Waals surface area (Å²) < 4.78 is 37.3. The van der Waals surface area contributed by atoms with Crippen LogP contribution in [0.3, 0.4) is 0 Å². The molecule has 2 aromatic heterocycles. The van der Waals surface area contributed by atoms with Gasteiger partial charge >= 0.3 is 0 Å². The Hall–Kier alpha value is -2.39. The first-order chi connectivity index (χ1) is 13.4. The van der Waals surface area contributed by atoms with E-state index in [1.807, 2.05) is 0 Å².